The summed E-state index contributed by atoms with van der Waals surface area (Å²) in [5.74, 6) is -0.911. The van der Waals surface area contributed by atoms with Crippen molar-refractivity contribution in [3.05, 3.63) is 52.6 Å². The van der Waals surface area contributed by atoms with Gasteiger partial charge in [-0.3, -0.25) is 0 Å². The standard InChI is InChI=1S/C8H6ClI2NO2.C8H8ClNO2/c1-14-8(13)3-2-4(10)7(12)6(11)5(3)9;1-12-8(11)6-3-2-5(10)4-7(6)9/h2H,12H2,1H3;2-4H,10H2,1H3. The van der Waals surface area contributed by atoms with Crippen LogP contribution in [-0.4, -0.2) is 26.2 Å². The molecule has 0 unspecified atom stereocenters. The molecule has 0 bridgehead atoms. The molecule has 0 aliphatic heterocycles. The summed E-state index contributed by atoms with van der Waals surface area (Å²) in [6.45, 7) is 0. The van der Waals surface area contributed by atoms with Crippen molar-refractivity contribution >= 4 is 91.7 Å². The Bertz CT molecular complexity index is 847. The SMILES string of the molecule is COC(=O)c1cc(I)c(N)c(I)c1Cl.COC(=O)c1ccc(N)cc1Cl. The number of hydrogen-bond acceptors (Lipinski definition) is 6. The van der Waals surface area contributed by atoms with E-state index in [2.05, 4.69) is 9.47 Å². The third-order valence-electron chi connectivity index (χ3n) is 3.00. The molecule has 0 spiro atoms. The molecule has 6 nitrogen and oxygen atoms in total. The summed E-state index contributed by atoms with van der Waals surface area (Å²) in [6.07, 6.45) is 0. The third-order valence-corrected chi connectivity index (χ3v) is 6.03. The summed E-state index contributed by atoms with van der Waals surface area (Å²) in [5, 5.41) is 0.650. The van der Waals surface area contributed by atoms with Crippen LogP contribution in [0.25, 0.3) is 0 Å². The van der Waals surface area contributed by atoms with E-state index in [-0.39, 0.29) is 0 Å². The van der Waals surface area contributed by atoms with Gasteiger partial charge in [0.25, 0.3) is 0 Å². The number of methoxy groups -OCH3 is 2. The Labute approximate surface area is 187 Å². The smallest absolute Gasteiger partial charge is 0.339 e. The van der Waals surface area contributed by atoms with Gasteiger partial charge in [0.15, 0.2) is 0 Å². The van der Waals surface area contributed by atoms with Crippen LogP contribution >= 0.6 is 68.4 Å². The predicted octanol–water partition coefficient (Wildman–Crippen LogP) is 4.63. The Balaban J connectivity index is 0.000000263. The van der Waals surface area contributed by atoms with Gasteiger partial charge in [0.1, 0.15) is 0 Å². The van der Waals surface area contributed by atoms with Gasteiger partial charge in [-0.25, -0.2) is 9.59 Å². The van der Waals surface area contributed by atoms with Crippen molar-refractivity contribution in [1.82, 2.24) is 0 Å². The topological polar surface area (TPSA) is 105 Å². The molecule has 2 rings (SSSR count). The highest BCUT2D eigenvalue weighted by Crippen LogP contribution is 2.32. The van der Waals surface area contributed by atoms with Gasteiger partial charge in [0.05, 0.1) is 44.6 Å². The average molecular weight is 623 g/mol. The van der Waals surface area contributed by atoms with Crippen LogP contribution < -0.4 is 11.5 Å². The number of carbonyl (C=O) groups excluding carboxylic acids is 2. The van der Waals surface area contributed by atoms with Gasteiger partial charge >= 0.3 is 11.9 Å². The van der Waals surface area contributed by atoms with Crippen LogP contribution in [0.2, 0.25) is 10.0 Å². The monoisotopic (exact) mass is 622 g/mol. The lowest BCUT2D eigenvalue weighted by Gasteiger charge is -2.08. The third kappa shape index (κ3) is 5.76. The van der Waals surface area contributed by atoms with E-state index in [4.69, 9.17) is 34.7 Å². The first-order valence-corrected chi connectivity index (χ1v) is 9.70. The summed E-state index contributed by atoms with van der Waals surface area (Å²) in [5.41, 5.74) is 13.0. The normalized spacial score (nSPS) is 9.77. The van der Waals surface area contributed by atoms with E-state index < -0.39 is 11.9 Å². The Morgan fingerprint density at radius 1 is 0.962 bits per heavy atom. The number of nitrogens with two attached hydrogens (primary N) is 2. The van der Waals surface area contributed by atoms with E-state index in [1.165, 1.54) is 26.4 Å². The first kappa shape index (κ1) is 23.1. The van der Waals surface area contributed by atoms with Crippen molar-refractivity contribution < 1.29 is 19.1 Å². The lowest BCUT2D eigenvalue weighted by atomic mass is 10.2. The molecule has 0 saturated carbocycles. The Kier molecular flexibility index (Phi) is 9.21. The molecule has 0 aliphatic rings. The number of esters is 2. The number of benzene rings is 2. The molecule has 140 valence electrons. The molecule has 0 amide bonds. The Morgan fingerprint density at radius 2 is 1.50 bits per heavy atom. The highest BCUT2D eigenvalue weighted by atomic mass is 127. The molecular weight excluding hydrogens is 609 g/mol. The van der Waals surface area contributed by atoms with E-state index in [0.29, 0.717) is 36.1 Å². The first-order chi connectivity index (χ1) is 12.1. The Morgan fingerprint density at radius 3 is 2.00 bits per heavy atom. The second-order valence-corrected chi connectivity index (χ2v) is 7.70. The van der Waals surface area contributed by atoms with E-state index in [0.717, 1.165) is 3.57 Å². The fourth-order valence-corrected chi connectivity index (χ4v) is 3.85. The zero-order valence-electron chi connectivity index (χ0n) is 13.6. The van der Waals surface area contributed by atoms with Crippen LogP contribution in [0.3, 0.4) is 0 Å². The Hall–Kier alpha value is -0.980. The van der Waals surface area contributed by atoms with Crippen LogP contribution in [0.15, 0.2) is 24.3 Å². The molecule has 10 heteroatoms. The van der Waals surface area contributed by atoms with Crippen LogP contribution in [-0.2, 0) is 9.47 Å². The summed E-state index contributed by atoms with van der Waals surface area (Å²) in [4.78, 5) is 22.3. The summed E-state index contributed by atoms with van der Waals surface area (Å²) < 4.78 is 10.6. The van der Waals surface area contributed by atoms with Crippen molar-refractivity contribution in [2.45, 2.75) is 0 Å². The van der Waals surface area contributed by atoms with Crippen molar-refractivity contribution in [3.63, 3.8) is 0 Å². The van der Waals surface area contributed by atoms with Crippen LogP contribution in [0.1, 0.15) is 20.7 Å². The highest BCUT2D eigenvalue weighted by Gasteiger charge is 2.17. The summed E-state index contributed by atoms with van der Waals surface area (Å²) in [6, 6.07) is 6.25. The molecule has 0 fully saturated rings. The van der Waals surface area contributed by atoms with Crippen molar-refractivity contribution in [2.75, 3.05) is 25.7 Å². The molecule has 0 aromatic heterocycles. The predicted molar refractivity (Wildman–Crippen MR) is 120 cm³/mol. The zero-order chi connectivity index (χ0) is 20.0. The van der Waals surface area contributed by atoms with Crippen molar-refractivity contribution in [1.29, 1.82) is 0 Å². The lowest BCUT2D eigenvalue weighted by Crippen LogP contribution is -2.06. The van der Waals surface area contributed by atoms with Gasteiger partial charge in [0, 0.05) is 9.26 Å². The summed E-state index contributed by atoms with van der Waals surface area (Å²) in [7, 11) is 2.61. The fourth-order valence-electron chi connectivity index (χ4n) is 1.67. The quantitative estimate of drug-likeness (QED) is 0.219. The minimum atomic E-state index is -0.458. The minimum absolute atomic E-state index is 0.307. The molecule has 4 N–H and O–H groups in total. The molecule has 2 aromatic rings. The van der Waals surface area contributed by atoms with E-state index in [9.17, 15) is 9.59 Å². The number of ether oxygens (including phenoxy) is 2. The van der Waals surface area contributed by atoms with Crippen molar-refractivity contribution in [3.8, 4) is 0 Å². The maximum atomic E-state index is 11.3. The second kappa shape index (κ2) is 10.4. The van der Waals surface area contributed by atoms with Crippen LogP contribution in [0.4, 0.5) is 11.4 Å². The van der Waals surface area contributed by atoms with E-state index >= 15 is 0 Å². The minimum Gasteiger partial charge on any atom is -0.465 e. The maximum Gasteiger partial charge on any atom is 0.339 e. The molecule has 26 heavy (non-hydrogen) atoms. The number of halogens is 4. The van der Waals surface area contributed by atoms with Gasteiger partial charge in [0.2, 0.25) is 0 Å². The fraction of sp³-hybridized carbons (Fsp3) is 0.125. The lowest BCUT2D eigenvalue weighted by molar-refractivity contribution is 0.0592. The van der Waals surface area contributed by atoms with Crippen LogP contribution in [0.5, 0.6) is 0 Å². The van der Waals surface area contributed by atoms with Gasteiger partial charge in [-0.05, 0) is 69.4 Å². The van der Waals surface area contributed by atoms with Crippen molar-refractivity contribution in [2.24, 2.45) is 0 Å². The van der Waals surface area contributed by atoms with Crippen LogP contribution in [0, 0.1) is 7.14 Å². The molecule has 0 radical (unpaired) electrons. The maximum absolute atomic E-state index is 11.3. The largest absolute Gasteiger partial charge is 0.465 e. The van der Waals surface area contributed by atoms with Gasteiger partial charge in [-0.15, -0.1) is 0 Å². The van der Waals surface area contributed by atoms with Gasteiger partial charge < -0.3 is 20.9 Å². The zero-order valence-corrected chi connectivity index (χ0v) is 19.4. The number of carbonyl (C=O) groups is 2. The molecule has 2 aromatic carbocycles. The number of nitrogen functional groups attached to an aromatic ring is 2. The first-order valence-electron chi connectivity index (χ1n) is 6.78. The van der Waals surface area contributed by atoms with E-state index in [1.807, 2.05) is 45.2 Å². The molecule has 0 atom stereocenters. The highest BCUT2D eigenvalue weighted by molar-refractivity contribution is 14.1. The molecule has 0 heterocycles. The summed E-state index contributed by atoms with van der Waals surface area (Å²) >= 11 is 15.7. The molecule has 0 aliphatic carbocycles. The second-order valence-electron chi connectivity index (χ2n) is 4.67. The average Bonchev–Trinajstić information content (AvgIpc) is 2.62. The van der Waals surface area contributed by atoms with Gasteiger partial charge in [-0.2, -0.15) is 0 Å². The number of anilines is 2. The molecule has 0 saturated heterocycles. The molecular formula is C16H14Cl2I2N2O4. The van der Waals surface area contributed by atoms with E-state index in [1.54, 1.807) is 12.1 Å². The van der Waals surface area contributed by atoms with Gasteiger partial charge in [-0.1, -0.05) is 23.2 Å². The number of hydrogen-bond donors (Lipinski definition) is 2. The number of rotatable bonds is 2.